The number of aliphatic carboxylic acids is 1. The van der Waals surface area contributed by atoms with Gasteiger partial charge in [-0.05, 0) is 26.2 Å². The molecule has 10 heteroatoms. The molecule has 3 N–H and O–H groups in total. The lowest BCUT2D eigenvalue weighted by atomic mass is 10.0. The number of amides is 2. The van der Waals surface area contributed by atoms with Crippen molar-refractivity contribution in [1.82, 2.24) is 10.3 Å². The van der Waals surface area contributed by atoms with E-state index in [-0.39, 0.29) is 5.13 Å². The fraction of sp³-hybridized carbons (Fsp3) is 0.545. The monoisotopic (exact) mass is 323 g/mol. The van der Waals surface area contributed by atoms with Crippen molar-refractivity contribution in [3.05, 3.63) is 10.6 Å². The fourth-order valence-corrected chi connectivity index (χ4v) is 2.89. The van der Waals surface area contributed by atoms with Gasteiger partial charge in [-0.3, -0.25) is 5.32 Å². The number of hydrogen-bond acceptors (Lipinski definition) is 4. The molecule has 1 atom stereocenters. The van der Waals surface area contributed by atoms with E-state index in [9.17, 15) is 22.8 Å². The predicted molar refractivity (Wildman–Crippen MR) is 68.4 cm³/mol. The Morgan fingerprint density at radius 3 is 2.52 bits per heavy atom. The minimum Gasteiger partial charge on any atom is -0.479 e. The zero-order valence-electron chi connectivity index (χ0n) is 10.9. The summed E-state index contributed by atoms with van der Waals surface area (Å²) in [6.07, 6.45) is -2.57. The quantitative estimate of drug-likeness (QED) is 0.795. The second kappa shape index (κ2) is 5.17. The van der Waals surface area contributed by atoms with Crippen LogP contribution in [0.2, 0.25) is 0 Å². The third-order valence-corrected chi connectivity index (χ3v) is 4.25. The molecule has 0 spiro atoms. The first-order valence-electron chi connectivity index (χ1n) is 6.01. The molecule has 1 aliphatic rings. The lowest BCUT2D eigenvalue weighted by molar-refractivity contribution is -0.203. The summed E-state index contributed by atoms with van der Waals surface area (Å²) in [4.78, 5) is 27.5. The SMILES string of the molecule is CC(NC(=O)Nc1nc2c(s1)CCC2)(C(=O)O)C(F)(F)F. The molecule has 1 unspecified atom stereocenters. The number of carboxylic acid groups (broad SMARTS) is 1. The van der Waals surface area contributed by atoms with Crippen molar-refractivity contribution >= 4 is 28.5 Å². The number of nitrogens with zero attached hydrogens (tertiary/aromatic N) is 1. The number of carbonyl (C=O) groups excluding carboxylic acids is 1. The fourth-order valence-electron chi connectivity index (χ4n) is 1.84. The number of anilines is 1. The Balaban J connectivity index is 2.07. The van der Waals surface area contributed by atoms with Crippen molar-refractivity contribution in [2.24, 2.45) is 0 Å². The molecular weight excluding hydrogens is 311 g/mol. The van der Waals surface area contributed by atoms with Gasteiger partial charge in [0, 0.05) is 4.88 Å². The summed E-state index contributed by atoms with van der Waals surface area (Å²) in [5.74, 6) is -2.19. The Bertz CT molecular complexity index is 566. The summed E-state index contributed by atoms with van der Waals surface area (Å²) in [5.41, 5.74) is -2.54. The van der Waals surface area contributed by atoms with E-state index in [1.807, 2.05) is 0 Å². The van der Waals surface area contributed by atoms with E-state index in [2.05, 4.69) is 10.3 Å². The van der Waals surface area contributed by atoms with Crippen LogP contribution in [0.4, 0.5) is 23.1 Å². The lowest BCUT2D eigenvalue weighted by Gasteiger charge is -2.28. The molecule has 0 aliphatic heterocycles. The predicted octanol–water partition coefficient (Wildman–Crippen LogP) is 2.16. The maximum atomic E-state index is 12.7. The molecule has 2 rings (SSSR count). The number of alkyl halides is 3. The van der Waals surface area contributed by atoms with Crippen LogP contribution in [0.25, 0.3) is 0 Å². The van der Waals surface area contributed by atoms with Gasteiger partial charge in [0.05, 0.1) is 5.69 Å². The smallest absolute Gasteiger partial charge is 0.422 e. The Kier molecular flexibility index (Phi) is 3.83. The topological polar surface area (TPSA) is 91.3 Å². The van der Waals surface area contributed by atoms with Gasteiger partial charge in [0.25, 0.3) is 0 Å². The number of rotatable bonds is 3. The van der Waals surface area contributed by atoms with Gasteiger partial charge < -0.3 is 10.4 Å². The Hall–Kier alpha value is -1.84. The number of hydrogen-bond donors (Lipinski definition) is 3. The first-order chi connectivity index (χ1) is 9.63. The second-order valence-electron chi connectivity index (χ2n) is 4.75. The minimum atomic E-state index is -5.12. The number of thiazole rings is 1. The number of urea groups is 1. The highest BCUT2D eigenvalue weighted by Crippen LogP contribution is 2.32. The van der Waals surface area contributed by atoms with Gasteiger partial charge in [-0.2, -0.15) is 13.2 Å². The molecule has 21 heavy (non-hydrogen) atoms. The van der Waals surface area contributed by atoms with Crippen LogP contribution < -0.4 is 10.6 Å². The zero-order chi connectivity index (χ0) is 15.8. The zero-order valence-corrected chi connectivity index (χ0v) is 11.7. The highest BCUT2D eigenvalue weighted by Gasteiger charge is 2.58. The molecular formula is C11H12F3N3O3S. The van der Waals surface area contributed by atoms with E-state index in [0.717, 1.165) is 29.8 Å². The molecule has 0 aromatic carbocycles. The maximum absolute atomic E-state index is 12.7. The molecule has 1 aliphatic carbocycles. The summed E-state index contributed by atoms with van der Waals surface area (Å²) in [7, 11) is 0. The van der Waals surface area contributed by atoms with Crippen molar-refractivity contribution in [3.8, 4) is 0 Å². The number of nitrogens with one attached hydrogen (secondary N) is 2. The molecule has 2 amide bonds. The van der Waals surface area contributed by atoms with E-state index in [1.54, 1.807) is 0 Å². The first-order valence-corrected chi connectivity index (χ1v) is 6.83. The van der Waals surface area contributed by atoms with Gasteiger partial charge in [-0.25, -0.2) is 14.6 Å². The average Bonchev–Trinajstić information content (AvgIpc) is 2.87. The summed E-state index contributed by atoms with van der Waals surface area (Å²) in [6.45, 7) is 0.386. The molecule has 1 aromatic rings. The Morgan fingerprint density at radius 1 is 1.33 bits per heavy atom. The third-order valence-electron chi connectivity index (χ3n) is 3.17. The van der Waals surface area contributed by atoms with Crippen LogP contribution in [0.1, 0.15) is 23.9 Å². The van der Waals surface area contributed by atoms with Crippen LogP contribution in [-0.4, -0.2) is 33.8 Å². The number of aryl methyl sites for hydroxylation is 2. The normalized spacial score (nSPS) is 17.0. The van der Waals surface area contributed by atoms with Crippen molar-refractivity contribution in [3.63, 3.8) is 0 Å². The molecule has 6 nitrogen and oxygen atoms in total. The van der Waals surface area contributed by atoms with E-state index in [1.165, 1.54) is 16.7 Å². The minimum absolute atomic E-state index is 0.159. The number of halogens is 3. The third kappa shape index (κ3) is 2.94. The van der Waals surface area contributed by atoms with Crippen molar-refractivity contribution in [1.29, 1.82) is 0 Å². The Morgan fingerprint density at radius 2 is 2.00 bits per heavy atom. The van der Waals surface area contributed by atoms with Crippen molar-refractivity contribution in [2.75, 3.05) is 5.32 Å². The van der Waals surface area contributed by atoms with Gasteiger partial charge in [-0.15, -0.1) is 11.3 Å². The van der Waals surface area contributed by atoms with E-state index in [4.69, 9.17) is 5.11 Å². The summed E-state index contributed by atoms with van der Waals surface area (Å²) in [5, 5.41) is 12.4. The molecule has 1 heterocycles. The van der Waals surface area contributed by atoms with Crippen LogP contribution in [0.3, 0.4) is 0 Å². The highest BCUT2D eigenvalue weighted by atomic mass is 32.1. The van der Waals surface area contributed by atoms with Crippen LogP contribution in [-0.2, 0) is 17.6 Å². The van der Waals surface area contributed by atoms with Gasteiger partial charge in [0.15, 0.2) is 5.13 Å². The number of fused-ring (bicyclic) bond motifs is 1. The summed E-state index contributed by atoms with van der Waals surface area (Å²) < 4.78 is 38.2. The van der Waals surface area contributed by atoms with E-state index in [0.29, 0.717) is 6.92 Å². The van der Waals surface area contributed by atoms with E-state index >= 15 is 0 Å². The van der Waals surface area contributed by atoms with Gasteiger partial charge in [0.1, 0.15) is 0 Å². The number of carboxylic acids is 1. The van der Waals surface area contributed by atoms with Gasteiger partial charge >= 0.3 is 18.2 Å². The van der Waals surface area contributed by atoms with E-state index < -0.39 is 23.7 Å². The maximum Gasteiger partial charge on any atom is 0.422 e. The standard InChI is InChI=1S/C11H12F3N3O3S/c1-10(7(18)19,11(12,13)14)17-8(20)16-9-15-5-3-2-4-6(5)21-9/h2-4H2,1H3,(H,18,19)(H2,15,16,17,20). The summed E-state index contributed by atoms with van der Waals surface area (Å²) in [6, 6.07) is -1.26. The van der Waals surface area contributed by atoms with Crippen LogP contribution >= 0.6 is 11.3 Å². The van der Waals surface area contributed by atoms with Crippen LogP contribution in [0.5, 0.6) is 0 Å². The number of carbonyl (C=O) groups is 2. The van der Waals surface area contributed by atoms with Crippen molar-refractivity contribution in [2.45, 2.75) is 37.9 Å². The Labute approximate surface area is 121 Å². The van der Waals surface area contributed by atoms with Crippen molar-refractivity contribution < 1.29 is 27.9 Å². The molecule has 0 fully saturated rings. The number of aromatic nitrogens is 1. The first kappa shape index (κ1) is 15.5. The highest BCUT2D eigenvalue weighted by molar-refractivity contribution is 7.15. The summed E-state index contributed by atoms with van der Waals surface area (Å²) >= 11 is 1.18. The molecule has 0 radical (unpaired) electrons. The molecule has 116 valence electrons. The van der Waals surface area contributed by atoms with Gasteiger partial charge in [-0.1, -0.05) is 0 Å². The molecule has 1 aromatic heterocycles. The average molecular weight is 323 g/mol. The lowest BCUT2D eigenvalue weighted by Crippen LogP contribution is -2.62. The molecule has 0 saturated heterocycles. The van der Waals surface area contributed by atoms with Crippen LogP contribution in [0, 0.1) is 0 Å². The molecule has 0 bridgehead atoms. The largest absolute Gasteiger partial charge is 0.479 e. The van der Waals surface area contributed by atoms with Gasteiger partial charge in [0.2, 0.25) is 5.54 Å². The second-order valence-corrected chi connectivity index (χ2v) is 5.83. The molecule has 0 saturated carbocycles. The van der Waals surface area contributed by atoms with Crippen LogP contribution in [0.15, 0.2) is 0 Å².